The van der Waals surface area contributed by atoms with Gasteiger partial charge in [-0.05, 0) is 43.7 Å². The van der Waals surface area contributed by atoms with Crippen LogP contribution in [0.15, 0.2) is 53.9 Å². The summed E-state index contributed by atoms with van der Waals surface area (Å²) in [5.74, 6) is 1.31. The lowest BCUT2D eigenvalue weighted by Gasteiger charge is -2.15. The van der Waals surface area contributed by atoms with Crippen LogP contribution in [-0.4, -0.2) is 44.4 Å². The molecule has 1 atom stereocenters. The maximum atomic E-state index is 12.5. The van der Waals surface area contributed by atoms with E-state index in [4.69, 9.17) is 4.74 Å². The molecule has 0 radical (unpaired) electrons. The summed E-state index contributed by atoms with van der Waals surface area (Å²) in [4.78, 5) is 28.7. The van der Waals surface area contributed by atoms with Gasteiger partial charge in [0, 0.05) is 12.7 Å². The number of carbonyl (C=O) groups excluding carboxylic acids is 2. The molecule has 0 unspecified atom stereocenters. The molecule has 9 nitrogen and oxygen atoms in total. The number of amides is 2. The van der Waals surface area contributed by atoms with E-state index >= 15 is 0 Å². The standard InChI is InChI=1S/C22H26N6O3S/c1-4-28-21(15(2)24-19(29)12-16-7-9-18(31-3)10-8-16)26-27-22(28)32-14-20(30)25-17-6-5-11-23-13-17/h5-11,13,15H,4,12,14H2,1-3H3,(H,24,29)(H,25,30)/t15-/m1/s1. The van der Waals surface area contributed by atoms with Crippen molar-refractivity contribution in [2.24, 2.45) is 0 Å². The van der Waals surface area contributed by atoms with Gasteiger partial charge in [0.2, 0.25) is 11.8 Å². The van der Waals surface area contributed by atoms with Crippen LogP contribution in [0.25, 0.3) is 0 Å². The molecule has 0 bridgehead atoms. The largest absolute Gasteiger partial charge is 0.497 e. The van der Waals surface area contributed by atoms with Crippen LogP contribution in [0.1, 0.15) is 31.3 Å². The minimum atomic E-state index is -0.327. The summed E-state index contributed by atoms with van der Waals surface area (Å²) >= 11 is 1.29. The van der Waals surface area contributed by atoms with Crippen LogP contribution < -0.4 is 15.4 Å². The molecule has 1 aromatic carbocycles. The zero-order valence-corrected chi connectivity index (χ0v) is 19.1. The van der Waals surface area contributed by atoms with E-state index in [1.807, 2.05) is 42.7 Å². The fraction of sp³-hybridized carbons (Fsp3) is 0.318. The van der Waals surface area contributed by atoms with E-state index < -0.39 is 0 Å². The van der Waals surface area contributed by atoms with Gasteiger partial charge in [0.1, 0.15) is 5.75 Å². The Balaban J connectivity index is 1.56. The van der Waals surface area contributed by atoms with Crippen molar-refractivity contribution in [1.29, 1.82) is 0 Å². The summed E-state index contributed by atoms with van der Waals surface area (Å²) in [6, 6.07) is 10.6. The monoisotopic (exact) mass is 454 g/mol. The van der Waals surface area contributed by atoms with Crippen molar-refractivity contribution in [2.45, 2.75) is 38.0 Å². The molecule has 2 heterocycles. The number of benzene rings is 1. The van der Waals surface area contributed by atoms with E-state index in [0.29, 0.717) is 23.2 Å². The summed E-state index contributed by atoms with van der Waals surface area (Å²) in [6.07, 6.45) is 3.49. The number of aromatic nitrogens is 4. The number of carbonyl (C=O) groups is 2. The first kappa shape index (κ1) is 23.3. The quantitative estimate of drug-likeness (QED) is 0.453. The van der Waals surface area contributed by atoms with E-state index in [1.165, 1.54) is 11.8 Å². The molecule has 168 valence electrons. The van der Waals surface area contributed by atoms with Crippen molar-refractivity contribution < 1.29 is 14.3 Å². The van der Waals surface area contributed by atoms with Gasteiger partial charge in [-0.2, -0.15) is 0 Å². The zero-order valence-electron chi connectivity index (χ0n) is 18.2. The number of ether oxygens (including phenoxy) is 1. The first-order valence-corrected chi connectivity index (χ1v) is 11.2. The number of pyridine rings is 1. The number of nitrogens with one attached hydrogen (secondary N) is 2. The van der Waals surface area contributed by atoms with Crippen LogP contribution in [0.4, 0.5) is 5.69 Å². The number of nitrogens with zero attached hydrogens (tertiary/aromatic N) is 4. The molecule has 0 aliphatic heterocycles. The van der Waals surface area contributed by atoms with Crippen LogP contribution in [-0.2, 0) is 22.6 Å². The van der Waals surface area contributed by atoms with Gasteiger partial charge in [-0.15, -0.1) is 10.2 Å². The Morgan fingerprint density at radius 2 is 1.94 bits per heavy atom. The van der Waals surface area contributed by atoms with Gasteiger partial charge >= 0.3 is 0 Å². The molecular formula is C22H26N6O3S. The summed E-state index contributed by atoms with van der Waals surface area (Å²) in [6.45, 7) is 4.46. The Hall–Kier alpha value is -3.40. The van der Waals surface area contributed by atoms with Crippen molar-refractivity contribution in [2.75, 3.05) is 18.2 Å². The molecule has 0 aliphatic rings. The Bertz CT molecular complexity index is 1040. The average Bonchev–Trinajstić information content (AvgIpc) is 3.22. The molecule has 32 heavy (non-hydrogen) atoms. The Kier molecular flexibility index (Phi) is 8.20. The molecule has 3 aromatic rings. The van der Waals surface area contributed by atoms with Gasteiger partial charge in [-0.1, -0.05) is 23.9 Å². The van der Waals surface area contributed by atoms with Gasteiger partial charge < -0.3 is 19.9 Å². The van der Waals surface area contributed by atoms with Gasteiger partial charge in [-0.25, -0.2) is 0 Å². The fourth-order valence-electron chi connectivity index (χ4n) is 3.07. The van der Waals surface area contributed by atoms with Gasteiger partial charge in [0.25, 0.3) is 0 Å². The van der Waals surface area contributed by atoms with E-state index in [2.05, 4.69) is 25.8 Å². The van der Waals surface area contributed by atoms with Crippen LogP contribution >= 0.6 is 11.8 Å². The zero-order chi connectivity index (χ0) is 22.9. The highest BCUT2D eigenvalue weighted by Crippen LogP contribution is 2.21. The van der Waals surface area contributed by atoms with E-state index in [1.54, 1.807) is 31.6 Å². The maximum absolute atomic E-state index is 12.5. The molecule has 0 saturated carbocycles. The Morgan fingerprint density at radius 1 is 1.16 bits per heavy atom. The molecule has 0 aliphatic carbocycles. The van der Waals surface area contributed by atoms with E-state index in [0.717, 1.165) is 11.3 Å². The van der Waals surface area contributed by atoms with Crippen molar-refractivity contribution in [3.8, 4) is 5.75 Å². The molecule has 3 rings (SSSR count). The summed E-state index contributed by atoms with van der Waals surface area (Å²) < 4.78 is 7.04. The molecular weight excluding hydrogens is 428 g/mol. The normalized spacial score (nSPS) is 11.6. The maximum Gasteiger partial charge on any atom is 0.234 e. The molecule has 0 saturated heterocycles. The second-order valence-corrected chi connectivity index (χ2v) is 7.92. The highest BCUT2D eigenvalue weighted by atomic mass is 32.2. The highest BCUT2D eigenvalue weighted by molar-refractivity contribution is 7.99. The lowest BCUT2D eigenvalue weighted by molar-refractivity contribution is -0.121. The molecule has 10 heteroatoms. The van der Waals surface area contributed by atoms with Crippen molar-refractivity contribution in [3.05, 3.63) is 60.2 Å². The second-order valence-electron chi connectivity index (χ2n) is 6.98. The summed E-state index contributed by atoms with van der Waals surface area (Å²) in [5.41, 5.74) is 1.53. The minimum absolute atomic E-state index is 0.113. The lowest BCUT2D eigenvalue weighted by atomic mass is 10.1. The number of anilines is 1. The van der Waals surface area contributed by atoms with Gasteiger partial charge in [0.15, 0.2) is 11.0 Å². The predicted octanol–water partition coefficient (Wildman–Crippen LogP) is 2.85. The van der Waals surface area contributed by atoms with Crippen LogP contribution in [0.5, 0.6) is 5.75 Å². The summed E-state index contributed by atoms with van der Waals surface area (Å²) in [5, 5.41) is 14.9. The number of hydrogen-bond acceptors (Lipinski definition) is 7. The van der Waals surface area contributed by atoms with E-state index in [9.17, 15) is 9.59 Å². The number of methoxy groups -OCH3 is 1. The van der Waals surface area contributed by atoms with Crippen molar-refractivity contribution in [1.82, 2.24) is 25.1 Å². The number of thioether (sulfide) groups is 1. The Morgan fingerprint density at radius 3 is 2.59 bits per heavy atom. The van der Waals surface area contributed by atoms with Crippen molar-refractivity contribution in [3.63, 3.8) is 0 Å². The highest BCUT2D eigenvalue weighted by Gasteiger charge is 2.20. The average molecular weight is 455 g/mol. The summed E-state index contributed by atoms with van der Waals surface area (Å²) in [7, 11) is 1.60. The van der Waals surface area contributed by atoms with Crippen LogP contribution in [0.3, 0.4) is 0 Å². The van der Waals surface area contributed by atoms with Gasteiger partial charge in [0.05, 0.1) is 37.2 Å². The minimum Gasteiger partial charge on any atom is -0.497 e. The second kappa shape index (κ2) is 11.3. The third-order valence-corrected chi connectivity index (χ3v) is 5.59. The number of hydrogen-bond donors (Lipinski definition) is 2. The third kappa shape index (κ3) is 6.30. The smallest absolute Gasteiger partial charge is 0.234 e. The Labute approximate surface area is 191 Å². The topological polar surface area (TPSA) is 111 Å². The molecule has 2 N–H and O–H groups in total. The SMILES string of the molecule is CCn1c(SCC(=O)Nc2cccnc2)nnc1[C@@H](C)NC(=O)Cc1ccc(OC)cc1. The first-order valence-electron chi connectivity index (χ1n) is 10.2. The molecule has 2 aromatic heterocycles. The predicted molar refractivity (Wildman–Crippen MR) is 123 cm³/mol. The van der Waals surface area contributed by atoms with E-state index in [-0.39, 0.29) is 30.0 Å². The van der Waals surface area contributed by atoms with Crippen LogP contribution in [0.2, 0.25) is 0 Å². The number of rotatable bonds is 10. The lowest BCUT2D eigenvalue weighted by Crippen LogP contribution is -2.30. The first-order chi connectivity index (χ1) is 15.5. The fourth-order valence-corrected chi connectivity index (χ4v) is 3.88. The molecule has 0 spiro atoms. The van der Waals surface area contributed by atoms with Gasteiger partial charge in [-0.3, -0.25) is 14.6 Å². The molecule has 2 amide bonds. The molecule has 0 fully saturated rings. The van der Waals surface area contributed by atoms with Crippen molar-refractivity contribution >= 4 is 29.3 Å². The van der Waals surface area contributed by atoms with Crippen LogP contribution in [0, 0.1) is 0 Å². The third-order valence-electron chi connectivity index (χ3n) is 4.63.